The Bertz CT molecular complexity index is 597. The topological polar surface area (TPSA) is 32.8 Å². The van der Waals surface area contributed by atoms with Gasteiger partial charge in [-0.05, 0) is 89.9 Å². The third-order valence-electron chi connectivity index (χ3n) is 6.32. The molecule has 0 radical (unpaired) electrons. The van der Waals surface area contributed by atoms with Crippen molar-refractivity contribution in [3.8, 4) is 0 Å². The summed E-state index contributed by atoms with van der Waals surface area (Å²) in [6, 6.07) is 11.0. The number of hydrogen-bond donors (Lipinski definition) is 0. The number of benzene rings is 1. The first-order valence-corrected chi connectivity index (χ1v) is 11.2. The van der Waals surface area contributed by atoms with Gasteiger partial charge in [-0.3, -0.25) is 0 Å². The van der Waals surface area contributed by atoms with Crippen molar-refractivity contribution in [1.82, 2.24) is 9.96 Å². The molecule has 28 heavy (non-hydrogen) atoms. The van der Waals surface area contributed by atoms with Crippen LogP contribution in [-0.4, -0.2) is 48.7 Å². The molecule has 3 rings (SSSR count). The summed E-state index contributed by atoms with van der Waals surface area (Å²) >= 11 is 0. The molecule has 2 heterocycles. The van der Waals surface area contributed by atoms with Crippen LogP contribution >= 0.6 is 0 Å². The van der Waals surface area contributed by atoms with Gasteiger partial charge in [0.15, 0.2) is 0 Å². The van der Waals surface area contributed by atoms with Crippen molar-refractivity contribution in [3.63, 3.8) is 0 Å². The summed E-state index contributed by atoms with van der Waals surface area (Å²) in [6.45, 7) is 11.2. The molecule has 156 valence electrons. The van der Waals surface area contributed by atoms with Gasteiger partial charge in [0, 0.05) is 13.1 Å². The number of likely N-dealkylation sites (tertiary alicyclic amines) is 1. The molecule has 0 bridgehead atoms. The highest BCUT2D eigenvalue weighted by Crippen LogP contribution is 2.36. The molecule has 0 aliphatic carbocycles. The van der Waals surface area contributed by atoms with Crippen LogP contribution in [0.15, 0.2) is 30.3 Å². The van der Waals surface area contributed by atoms with Gasteiger partial charge < -0.3 is 9.74 Å². The van der Waals surface area contributed by atoms with E-state index in [0.29, 0.717) is 11.8 Å². The normalized spacial score (nSPS) is 21.4. The third kappa shape index (κ3) is 6.05. The maximum Gasteiger partial charge on any atom is 0.330 e. The van der Waals surface area contributed by atoms with E-state index in [0.717, 1.165) is 25.9 Å². The van der Waals surface area contributed by atoms with Crippen molar-refractivity contribution in [2.45, 2.75) is 65.2 Å². The Morgan fingerprint density at radius 2 is 1.68 bits per heavy atom. The second-order valence-electron chi connectivity index (χ2n) is 9.60. The van der Waals surface area contributed by atoms with Gasteiger partial charge in [-0.1, -0.05) is 36.8 Å². The van der Waals surface area contributed by atoms with E-state index in [-0.39, 0.29) is 5.97 Å². The molecule has 2 aliphatic heterocycles. The summed E-state index contributed by atoms with van der Waals surface area (Å²) in [7, 11) is 0. The molecular formula is C24H38N2O2. The van der Waals surface area contributed by atoms with Crippen LogP contribution < -0.4 is 0 Å². The lowest BCUT2D eigenvalue weighted by atomic mass is 9.78. The fourth-order valence-electron chi connectivity index (χ4n) is 4.50. The monoisotopic (exact) mass is 386 g/mol. The number of rotatable bonds is 6. The second-order valence-corrected chi connectivity index (χ2v) is 9.60. The highest BCUT2D eigenvalue weighted by atomic mass is 16.7. The number of hydroxylamine groups is 2. The first kappa shape index (κ1) is 21.3. The first-order valence-electron chi connectivity index (χ1n) is 11.2. The summed E-state index contributed by atoms with van der Waals surface area (Å²) in [5.74, 6) is 1.14. The summed E-state index contributed by atoms with van der Waals surface area (Å²) in [4.78, 5) is 20.5. The standard InChI is InChI=1S/C24H38N2O2/c1-24(2,3)23(27)28-26-18-12-21(13-19-26)22(20-10-6-4-7-11-20)14-17-25-15-8-5-9-16-25/h4,6-7,10-11,21-22H,5,8-9,12-19H2,1-3H3. The Morgan fingerprint density at radius 3 is 2.29 bits per heavy atom. The maximum absolute atomic E-state index is 12.2. The van der Waals surface area contributed by atoms with Gasteiger partial charge in [0.25, 0.3) is 0 Å². The molecule has 1 aromatic rings. The molecule has 0 amide bonds. The smallest absolute Gasteiger partial charge is 0.330 e. The Hall–Kier alpha value is -1.39. The van der Waals surface area contributed by atoms with E-state index in [4.69, 9.17) is 4.84 Å². The predicted octanol–water partition coefficient (Wildman–Crippen LogP) is 4.86. The Kier molecular flexibility index (Phi) is 7.53. The zero-order valence-electron chi connectivity index (χ0n) is 18.0. The third-order valence-corrected chi connectivity index (χ3v) is 6.32. The predicted molar refractivity (Wildman–Crippen MR) is 114 cm³/mol. The lowest BCUT2D eigenvalue weighted by Gasteiger charge is -2.37. The Morgan fingerprint density at radius 1 is 1.04 bits per heavy atom. The molecule has 1 aromatic carbocycles. The molecule has 2 saturated heterocycles. The van der Waals surface area contributed by atoms with E-state index in [1.807, 2.05) is 25.8 Å². The lowest BCUT2D eigenvalue weighted by molar-refractivity contribution is -0.206. The summed E-state index contributed by atoms with van der Waals surface area (Å²) in [5, 5.41) is 1.89. The molecule has 0 spiro atoms. The van der Waals surface area contributed by atoms with Crippen LogP contribution in [0.2, 0.25) is 0 Å². The highest BCUT2D eigenvalue weighted by molar-refractivity contribution is 5.75. The van der Waals surface area contributed by atoms with Crippen LogP contribution in [0.1, 0.15) is 70.8 Å². The highest BCUT2D eigenvalue weighted by Gasteiger charge is 2.31. The molecule has 0 N–H and O–H groups in total. The fraction of sp³-hybridized carbons (Fsp3) is 0.708. The van der Waals surface area contributed by atoms with Crippen LogP contribution in [0, 0.1) is 11.3 Å². The van der Waals surface area contributed by atoms with Gasteiger partial charge >= 0.3 is 5.97 Å². The SMILES string of the molecule is CC(C)(C)C(=O)ON1CCC(C(CCN2CCCCC2)c2ccccc2)CC1. The lowest BCUT2D eigenvalue weighted by Crippen LogP contribution is -2.40. The molecule has 0 aromatic heterocycles. The van der Waals surface area contributed by atoms with Crippen molar-refractivity contribution in [2.75, 3.05) is 32.7 Å². The van der Waals surface area contributed by atoms with E-state index in [9.17, 15) is 4.79 Å². The van der Waals surface area contributed by atoms with E-state index >= 15 is 0 Å². The van der Waals surface area contributed by atoms with Crippen LogP contribution in [0.4, 0.5) is 0 Å². The van der Waals surface area contributed by atoms with Gasteiger partial charge in [0.05, 0.1) is 5.41 Å². The quantitative estimate of drug-likeness (QED) is 0.699. The van der Waals surface area contributed by atoms with E-state index in [1.165, 1.54) is 50.9 Å². The summed E-state index contributed by atoms with van der Waals surface area (Å²) in [6.07, 6.45) is 7.52. The number of piperidine rings is 2. The molecule has 2 aliphatic rings. The minimum Gasteiger partial charge on any atom is -0.367 e. The average Bonchev–Trinajstić information content (AvgIpc) is 2.70. The van der Waals surface area contributed by atoms with Crippen LogP contribution in [-0.2, 0) is 9.63 Å². The number of carbonyl (C=O) groups excluding carboxylic acids is 1. The molecule has 2 fully saturated rings. The number of nitrogens with zero attached hydrogens (tertiary/aromatic N) is 2. The van der Waals surface area contributed by atoms with Crippen LogP contribution in [0.25, 0.3) is 0 Å². The maximum atomic E-state index is 12.2. The van der Waals surface area contributed by atoms with Crippen LogP contribution in [0.3, 0.4) is 0 Å². The minimum atomic E-state index is -0.447. The number of hydrogen-bond acceptors (Lipinski definition) is 4. The van der Waals surface area contributed by atoms with Gasteiger partial charge in [-0.15, -0.1) is 5.06 Å². The minimum absolute atomic E-state index is 0.129. The van der Waals surface area contributed by atoms with Gasteiger partial charge in [0.2, 0.25) is 0 Å². The Labute approximate surface area is 171 Å². The van der Waals surface area contributed by atoms with E-state index in [2.05, 4.69) is 35.2 Å². The number of carbonyl (C=O) groups is 1. The summed E-state index contributed by atoms with van der Waals surface area (Å²) in [5.41, 5.74) is 1.03. The van der Waals surface area contributed by atoms with Crippen molar-refractivity contribution < 1.29 is 9.63 Å². The molecule has 0 saturated carbocycles. The van der Waals surface area contributed by atoms with E-state index < -0.39 is 5.41 Å². The second kappa shape index (κ2) is 9.89. The van der Waals surface area contributed by atoms with Gasteiger partial charge in [-0.25, -0.2) is 4.79 Å². The van der Waals surface area contributed by atoms with Crippen LogP contribution in [0.5, 0.6) is 0 Å². The molecule has 4 heteroatoms. The fourth-order valence-corrected chi connectivity index (χ4v) is 4.50. The van der Waals surface area contributed by atoms with Crippen molar-refractivity contribution >= 4 is 5.97 Å². The largest absolute Gasteiger partial charge is 0.367 e. The first-order chi connectivity index (χ1) is 13.4. The zero-order valence-corrected chi connectivity index (χ0v) is 18.0. The van der Waals surface area contributed by atoms with Crippen molar-refractivity contribution in [2.24, 2.45) is 11.3 Å². The van der Waals surface area contributed by atoms with Crippen molar-refractivity contribution in [1.29, 1.82) is 0 Å². The molecular weight excluding hydrogens is 348 g/mol. The molecule has 1 unspecified atom stereocenters. The van der Waals surface area contributed by atoms with E-state index in [1.54, 1.807) is 0 Å². The Balaban J connectivity index is 1.57. The average molecular weight is 387 g/mol. The van der Waals surface area contributed by atoms with Gasteiger partial charge in [-0.2, -0.15) is 0 Å². The van der Waals surface area contributed by atoms with Gasteiger partial charge in [0.1, 0.15) is 0 Å². The molecule has 4 nitrogen and oxygen atoms in total. The molecule has 1 atom stereocenters. The zero-order chi connectivity index (χ0) is 20.0. The van der Waals surface area contributed by atoms with Crippen molar-refractivity contribution in [3.05, 3.63) is 35.9 Å². The summed E-state index contributed by atoms with van der Waals surface area (Å²) < 4.78 is 0.